The van der Waals surface area contributed by atoms with Gasteiger partial charge in [0.25, 0.3) is 0 Å². The lowest BCUT2D eigenvalue weighted by Gasteiger charge is -2.16. The average molecular weight is 201 g/mol. The van der Waals surface area contributed by atoms with Gasteiger partial charge in [-0.05, 0) is 0 Å². The Morgan fingerprint density at radius 1 is 1.20 bits per heavy atom. The highest BCUT2D eigenvalue weighted by Crippen LogP contribution is 2.18. The molecule has 76 valence electrons. The second-order valence-electron chi connectivity index (χ2n) is 3.48. The monoisotopic (exact) mass is 201 g/mol. The van der Waals surface area contributed by atoms with Gasteiger partial charge >= 0.3 is 0 Å². The number of aromatic nitrogens is 4. The van der Waals surface area contributed by atoms with E-state index < -0.39 is 0 Å². The summed E-state index contributed by atoms with van der Waals surface area (Å²) in [6.07, 6.45) is 7.02. The van der Waals surface area contributed by atoms with E-state index in [1.807, 2.05) is 6.20 Å². The fourth-order valence-electron chi connectivity index (χ4n) is 1.83. The van der Waals surface area contributed by atoms with Crippen molar-refractivity contribution in [3.8, 4) is 11.4 Å². The molecule has 15 heavy (non-hydrogen) atoms. The van der Waals surface area contributed by atoms with Gasteiger partial charge in [-0.25, -0.2) is 4.98 Å². The number of nitrogens with one attached hydrogen (secondary N) is 1. The molecule has 0 bridgehead atoms. The van der Waals surface area contributed by atoms with Gasteiger partial charge in [-0.2, -0.15) is 0 Å². The number of hydrogen-bond donors (Lipinski definition) is 1. The van der Waals surface area contributed by atoms with E-state index in [-0.39, 0.29) is 0 Å². The van der Waals surface area contributed by atoms with Gasteiger partial charge < -0.3 is 9.88 Å². The standard InChI is InChI=1S/C10H11N5/c1-2-13-8(5-11-1)9-6-14-10-7-12-3-4-15(9)10/h1-2,5-6,12H,3-4,7H2. The summed E-state index contributed by atoms with van der Waals surface area (Å²) < 4.78 is 2.19. The Hall–Kier alpha value is -1.75. The lowest BCUT2D eigenvalue weighted by Crippen LogP contribution is -2.28. The van der Waals surface area contributed by atoms with Crippen molar-refractivity contribution in [1.29, 1.82) is 0 Å². The quantitative estimate of drug-likeness (QED) is 0.727. The highest BCUT2D eigenvalue weighted by Gasteiger charge is 2.14. The summed E-state index contributed by atoms with van der Waals surface area (Å²) in [6.45, 7) is 2.76. The van der Waals surface area contributed by atoms with Crippen molar-refractivity contribution < 1.29 is 0 Å². The zero-order valence-electron chi connectivity index (χ0n) is 8.22. The Bertz CT molecular complexity index is 462. The van der Waals surface area contributed by atoms with Gasteiger partial charge in [-0.3, -0.25) is 9.97 Å². The minimum Gasteiger partial charge on any atom is -0.324 e. The minimum absolute atomic E-state index is 0.834. The van der Waals surface area contributed by atoms with Crippen molar-refractivity contribution in [3.63, 3.8) is 0 Å². The molecule has 1 N–H and O–H groups in total. The van der Waals surface area contributed by atoms with E-state index in [1.54, 1.807) is 18.6 Å². The maximum atomic E-state index is 4.37. The zero-order valence-corrected chi connectivity index (χ0v) is 8.22. The average Bonchev–Trinajstić information content (AvgIpc) is 2.74. The van der Waals surface area contributed by atoms with Gasteiger partial charge in [0.2, 0.25) is 0 Å². The first-order valence-electron chi connectivity index (χ1n) is 4.96. The van der Waals surface area contributed by atoms with Crippen LogP contribution in [-0.2, 0) is 13.1 Å². The molecule has 3 rings (SSSR count). The fourth-order valence-corrected chi connectivity index (χ4v) is 1.83. The molecular weight excluding hydrogens is 190 g/mol. The number of imidazole rings is 1. The molecule has 0 saturated carbocycles. The van der Waals surface area contributed by atoms with Gasteiger partial charge in [-0.15, -0.1) is 0 Å². The van der Waals surface area contributed by atoms with Crippen molar-refractivity contribution in [3.05, 3.63) is 30.6 Å². The first kappa shape index (κ1) is 8.55. The second kappa shape index (κ2) is 3.43. The molecule has 0 saturated heterocycles. The second-order valence-corrected chi connectivity index (χ2v) is 3.48. The maximum absolute atomic E-state index is 4.37. The van der Waals surface area contributed by atoms with E-state index in [0.29, 0.717) is 0 Å². The lowest BCUT2D eigenvalue weighted by molar-refractivity contribution is 0.508. The molecule has 1 aliphatic heterocycles. The highest BCUT2D eigenvalue weighted by atomic mass is 15.2. The topological polar surface area (TPSA) is 55.6 Å². The van der Waals surface area contributed by atoms with Crippen LogP contribution >= 0.6 is 0 Å². The van der Waals surface area contributed by atoms with Crippen LogP contribution in [0.3, 0.4) is 0 Å². The molecule has 5 heteroatoms. The molecule has 5 nitrogen and oxygen atoms in total. The summed E-state index contributed by atoms with van der Waals surface area (Å²) in [4.78, 5) is 12.7. The van der Waals surface area contributed by atoms with Crippen LogP contribution in [0.4, 0.5) is 0 Å². The van der Waals surface area contributed by atoms with E-state index in [1.165, 1.54) is 0 Å². The predicted molar refractivity (Wildman–Crippen MR) is 55.0 cm³/mol. The molecule has 0 unspecified atom stereocenters. The normalized spacial score (nSPS) is 14.9. The van der Waals surface area contributed by atoms with Crippen LogP contribution in [0.25, 0.3) is 11.4 Å². The van der Waals surface area contributed by atoms with Crippen LogP contribution in [0.15, 0.2) is 24.8 Å². The molecular formula is C10H11N5. The van der Waals surface area contributed by atoms with Crippen molar-refractivity contribution in [2.24, 2.45) is 0 Å². The third-order valence-corrected chi connectivity index (χ3v) is 2.56. The van der Waals surface area contributed by atoms with Crippen LogP contribution in [0.1, 0.15) is 5.82 Å². The summed E-state index contributed by atoms with van der Waals surface area (Å²) in [5, 5.41) is 3.29. The Kier molecular flexibility index (Phi) is 1.96. The van der Waals surface area contributed by atoms with Crippen LogP contribution in [0, 0.1) is 0 Å². The Morgan fingerprint density at radius 2 is 2.20 bits per heavy atom. The summed E-state index contributed by atoms with van der Waals surface area (Å²) in [6, 6.07) is 0. The van der Waals surface area contributed by atoms with Crippen molar-refractivity contribution in [2.45, 2.75) is 13.1 Å². The number of nitrogens with zero attached hydrogens (tertiary/aromatic N) is 4. The smallest absolute Gasteiger partial charge is 0.123 e. The van der Waals surface area contributed by atoms with E-state index in [9.17, 15) is 0 Å². The molecule has 0 aliphatic carbocycles. The summed E-state index contributed by atoms with van der Waals surface area (Å²) in [5.41, 5.74) is 1.94. The SMILES string of the molecule is c1cnc(-c2cnc3n2CCNC3)cn1. The molecule has 0 radical (unpaired) electrons. The van der Waals surface area contributed by atoms with Gasteiger partial charge in [-0.1, -0.05) is 0 Å². The van der Waals surface area contributed by atoms with Crippen LogP contribution in [0.5, 0.6) is 0 Å². The van der Waals surface area contributed by atoms with Gasteiger partial charge in [0.05, 0.1) is 24.6 Å². The van der Waals surface area contributed by atoms with Gasteiger partial charge in [0, 0.05) is 25.5 Å². The first-order valence-corrected chi connectivity index (χ1v) is 4.96. The van der Waals surface area contributed by atoms with Crippen LogP contribution < -0.4 is 5.32 Å². The third-order valence-electron chi connectivity index (χ3n) is 2.56. The zero-order chi connectivity index (χ0) is 10.1. The predicted octanol–water partition coefficient (Wildman–Crippen LogP) is 0.443. The van der Waals surface area contributed by atoms with E-state index in [0.717, 1.165) is 36.8 Å². The summed E-state index contributed by atoms with van der Waals surface area (Å²) >= 11 is 0. The highest BCUT2D eigenvalue weighted by molar-refractivity contribution is 5.52. The Morgan fingerprint density at radius 3 is 3.07 bits per heavy atom. The minimum atomic E-state index is 0.834. The van der Waals surface area contributed by atoms with Crippen LogP contribution in [-0.4, -0.2) is 26.1 Å². The largest absolute Gasteiger partial charge is 0.324 e. The Labute approximate surface area is 87.2 Å². The first-order chi connectivity index (χ1) is 7.45. The third kappa shape index (κ3) is 1.41. The molecule has 1 aliphatic rings. The maximum Gasteiger partial charge on any atom is 0.123 e. The number of hydrogen-bond acceptors (Lipinski definition) is 4. The molecule has 2 aromatic heterocycles. The summed E-state index contributed by atoms with van der Waals surface area (Å²) in [7, 11) is 0. The fraction of sp³-hybridized carbons (Fsp3) is 0.300. The molecule has 0 spiro atoms. The Balaban J connectivity index is 2.09. The molecule has 0 amide bonds. The van der Waals surface area contributed by atoms with Crippen molar-refractivity contribution in [2.75, 3.05) is 6.54 Å². The lowest BCUT2D eigenvalue weighted by atomic mass is 10.3. The van der Waals surface area contributed by atoms with Gasteiger partial charge in [0.15, 0.2) is 0 Å². The molecule has 0 atom stereocenters. The molecule has 2 aromatic rings. The van der Waals surface area contributed by atoms with Crippen LogP contribution in [0.2, 0.25) is 0 Å². The number of fused-ring (bicyclic) bond motifs is 1. The molecule has 0 aromatic carbocycles. The van der Waals surface area contributed by atoms with Crippen molar-refractivity contribution >= 4 is 0 Å². The summed E-state index contributed by atoms with van der Waals surface area (Å²) in [5.74, 6) is 1.07. The number of rotatable bonds is 1. The van der Waals surface area contributed by atoms with Crippen molar-refractivity contribution in [1.82, 2.24) is 24.8 Å². The molecule has 3 heterocycles. The van der Waals surface area contributed by atoms with E-state index in [2.05, 4.69) is 24.8 Å². The van der Waals surface area contributed by atoms with E-state index in [4.69, 9.17) is 0 Å². The molecule has 0 fully saturated rings. The van der Waals surface area contributed by atoms with Gasteiger partial charge in [0.1, 0.15) is 11.5 Å². The van der Waals surface area contributed by atoms with E-state index >= 15 is 0 Å².